The molecule has 0 aliphatic carbocycles. The van der Waals surface area contributed by atoms with Crippen LogP contribution in [0.15, 0.2) is 28.7 Å². The minimum atomic E-state index is -0.415. The van der Waals surface area contributed by atoms with Crippen molar-refractivity contribution in [2.75, 3.05) is 33.2 Å². The Labute approximate surface area is 130 Å². The van der Waals surface area contributed by atoms with Gasteiger partial charge in [-0.15, -0.1) is 0 Å². The molecule has 1 aliphatic heterocycles. The molecule has 1 aromatic carbocycles. The molecule has 20 heavy (non-hydrogen) atoms. The lowest BCUT2D eigenvalue weighted by Gasteiger charge is -2.37. The summed E-state index contributed by atoms with van der Waals surface area (Å²) in [4.78, 5) is 4.81. The molecule has 1 aromatic rings. The summed E-state index contributed by atoms with van der Waals surface area (Å²) >= 11 is 3.46. The first-order valence-corrected chi connectivity index (χ1v) is 8.25. The van der Waals surface area contributed by atoms with Crippen molar-refractivity contribution in [1.29, 1.82) is 0 Å². The molecule has 0 bridgehead atoms. The van der Waals surface area contributed by atoms with Gasteiger partial charge in [-0.3, -0.25) is 0 Å². The fourth-order valence-corrected chi connectivity index (χ4v) is 3.33. The van der Waals surface area contributed by atoms with E-state index in [0.717, 1.165) is 16.6 Å². The molecule has 0 spiro atoms. The Morgan fingerprint density at radius 2 is 2.10 bits per heavy atom. The predicted octanol–water partition coefficient (Wildman–Crippen LogP) is 2.90. The third-order valence-corrected chi connectivity index (χ3v) is 4.82. The zero-order chi connectivity index (χ0) is 14.5. The molecule has 0 saturated carbocycles. The largest absolute Gasteiger partial charge is 0.387 e. The standard InChI is InChI=1S/C16H25BrN2O/c1-3-19-9-7-15(8-10-19)18(2)12-16(20)13-5-4-6-14(17)11-13/h4-6,11,15-16,20H,3,7-10,12H2,1-2H3. The van der Waals surface area contributed by atoms with E-state index >= 15 is 0 Å². The van der Waals surface area contributed by atoms with Gasteiger partial charge in [0.1, 0.15) is 0 Å². The number of benzene rings is 1. The summed E-state index contributed by atoms with van der Waals surface area (Å²) in [7, 11) is 2.13. The van der Waals surface area contributed by atoms with E-state index in [2.05, 4.69) is 39.7 Å². The van der Waals surface area contributed by atoms with Crippen LogP contribution in [-0.2, 0) is 0 Å². The lowest BCUT2D eigenvalue weighted by molar-refractivity contribution is 0.0748. The second-order valence-corrected chi connectivity index (χ2v) is 6.59. The molecule has 2 rings (SSSR count). The summed E-state index contributed by atoms with van der Waals surface area (Å²) in [6.07, 6.45) is 1.99. The molecule has 1 atom stereocenters. The average molecular weight is 341 g/mol. The number of hydrogen-bond donors (Lipinski definition) is 1. The van der Waals surface area contributed by atoms with Crippen molar-refractivity contribution >= 4 is 15.9 Å². The van der Waals surface area contributed by atoms with Gasteiger partial charge in [0.15, 0.2) is 0 Å². The average Bonchev–Trinajstić information content (AvgIpc) is 2.47. The Kier molecular flexibility index (Phi) is 6.02. The molecule has 1 N–H and O–H groups in total. The Bertz CT molecular complexity index is 419. The van der Waals surface area contributed by atoms with E-state index in [1.54, 1.807) is 0 Å². The molecule has 1 fully saturated rings. The first kappa shape index (κ1) is 16.0. The summed E-state index contributed by atoms with van der Waals surface area (Å²) in [6, 6.07) is 8.55. The molecule has 0 radical (unpaired) electrons. The minimum absolute atomic E-state index is 0.415. The Hall–Kier alpha value is -0.420. The topological polar surface area (TPSA) is 26.7 Å². The lowest BCUT2D eigenvalue weighted by Crippen LogP contribution is -2.44. The molecule has 4 heteroatoms. The monoisotopic (exact) mass is 340 g/mol. The third kappa shape index (κ3) is 4.29. The first-order valence-electron chi connectivity index (χ1n) is 7.46. The highest BCUT2D eigenvalue weighted by Gasteiger charge is 2.23. The van der Waals surface area contributed by atoms with Gasteiger partial charge in [-0.1, -0.05) is 35.0 Å². The summed E-state index contributed by atoms with van der Waals surface area (Å²) in [5.41, 5.74) is 0.984. The van der Waals surface area contributed by atoms with Crippen molar-refractivity contribution < 1.29 is 5.11 Å². The van der Waals surface area contributed by atoms with Crippen LogP contribution in [0.3, 0.4) is 0 Å². The summed E-state index contributed by atoms with van der Waals surface area (Å²) in [6.45, 7) is 6.43. The van der Waals surface area contributed by atoms with Gasteiger partial charge in [0, 0.05) is 17.1 Å². The van der Waals surface area contributed by atoms with Gasteiger partial charge >= 0.3 is 0 Å². The van der Waals surface area contributed by atoms with Crippen LogP contribution in [0.5, 0.6) is 0 Å². The van der Waals surface area contributed by atoms with Crippen LogP contribution in [0.4, 0.5) is 0 Å². The Morgan fingerprint density at radius 3 is 2.70 bits per heavy atom. The van der Waals surface area contributed by atoms with Gasteiger partial charge in [-0.2, -0.15) is 0 Å². The maximum Gasteiger partial charge on any atom is 0.0917 e. The minimum Gasteiger partial charge on any atom is -0.387 e. The molecule has 0 aromatic heterocycles. The number of piperidine rings is 1. The normalized spacial score (nSPS) is 19.4. The van der Waals surface area contributed by atoms with Gasteiger partial charge in [0.05, 0.1) is 6.10 Å². The lowest BCUT2D eigenvalue weighted by atomic mass is 10.0. The zero-order valence-corrected chi connectivity index (χ0v) is 14.0. The molecular formula is C16H25BrN2O. The van der Waals surface area contributed by atoms with Gasteiger partial charge in [0.25, 0.3) is 0 Å². The van der Waals surface area contributed by atoms with Crippen LogP contribution >= 0.6 is 15.9 Å². The molecule has 1 saturated heterocycles. The van der Waals surface area contributed by atoms with E-state index in [9.17, 15) is 5.11 Å². The Morgan fingerprint density at radius 1 is 1.40 bits per heavy atom. The van der Waals surface area contributed by atoms with E-state index in [4.69, 9.17) is 0 Å². The number of aliphatic hydroxyl groups is 1. The highest BCUT2D eigenvalue weighted by Crippen LogP contribution is 2.21. The smallest absolute Gasteiger partial charge is 0.0917 e. The maximum atomic E-state index is 10.4. The zero-order valence-electron chi connectivity index (χ0n) is 12.4. The SMILES string of the molecule is CCN1CCC(N(C)CC(O)c2cccc(Br)c2)CC1. The van der Waals surface area contributed by atoms with Crippen molar-refractivity contribution in [1.82, 2.24) is 9.80 Å². The number of likely N-dealkylation sites (tertiary alicyclic amines) is 1. The summed E-state index contributed by atoms with van der Waals surface area (Å²) in [5.74, 6) is 0. The van der Waals surface area contributed by atoms with Crippen LogP contribution in [0.25, 0.3) is 0 Å². The molecule has 1 heterocycles. The third-order valence-electron chi connectivity index (χ3n) is 4.32. The quantitative estimate of drug-likeness (QED) is 0.892. The molecule has 3 nitrogen and oxygen atoms in total. The second kappa shape index (κ2) is 7.55. The van der Waals surface area contributed by atoms with E-state index in [-0.39, 0.29) is 0 Å². The van der Waals surface area contributed by atoms with Crippen LogP contribution in [0.1, 0.15) is 31.4 Å². The van der Waals surface area contributed by atoms with Gasteiger partial charge in [0.2, 0.25) is 0 Å². The number of hydrogen-bond acceptors (Lipinski definition) is 3. The molecule has 1 unspecified atom stereocenters. The van der Waals surface area contributed by atoms with Crippen molar-refractivity contribution in [3.8, 4) is 0 Å². The molecule has 1 aliphatic rings. The fourth-order valence-electron chi connectivity index (χ4n) is 2.92. The number of nitrogens with zero attached hydrogens (tertiary/aromatic N) is 2. The van der Waals surface area contributed by atoms with Crippen LogP contribution in [0, 0.1) is 0 Å². The van der Waals surface area contributed by atoms with E-state index < -0.39 is 6.10 Å². The van der Waals surface area contributed by atoms with Gasteiger partial charge < -0.3 is 14.9 Å². The van der Waals surface area contributed by atoms with Crippen molar-refractivity contribution in [2.45, 2.75) is 31.9 Å². The van der Waals surface area contributed by atoms with Crippen molar-refractivity contribution in [3.63, 3.8) is 0 Å². The van der Waals surface area contributed by atoms with Crippen LogP contribution in [-0.4, -0.2) is 54.2 Å². The van der Waals surface area contributed by atoms with Crippen LogP contribution < -0.4 is 0 Å². The van der Waals surface area contributed by atoms with E-state index in [1.807, 2.05) is 24.3 Å². The predicted molar refractivity (Wildman–Crippen MR) is 86.9 cm³/mol. The highest BCUT2D eigenvalue weighted by molar-refractivity contribution is 9.10. The number of rotatable bonds is 5. The van der Waals surface area contributed by atoms with Gasteiger partial charge in [-0.25, -0.2) is 0 Å². The molecule has 112 valence electrons. The van der Waals surface area contributed by atoms with E-state index in [1.165, 1.54) is 25.9 Å². The summed E-state index contributed by atoms with van der Waals surface area (Å²) in [5, 5.41) is 10.4. The molecular weight excluding hydrogens is 316 g/mol. The van der Waals surface area contributed by atoms with Crippen molar-refractivity contribution in [2.24, 2.45) is 0 Å². The van der Waals surface area contributed by atoms with Crippen LogP contribution in [0.2, 0.25) is 0 Å². The summed E-state index contributed by atoms with van der Waals surface area (Å²) < 4.78 is 1.02. The second-order valence-electron chi connectivity index (χ2n) is 5.68. The fraction of sp³-hybridized carbons (Fsp3) is 0.625. The molecule has 0 amide bonds. The Balaban J connectivity index is 1.86. The number of halogens is 1. The van der Waals surface area contributed by atoms with Gasteiger partial charge in [-0.05, 0) is 57.2 Å². The first-order chi connectivity index (χ1) is 9.60. The maximum absolute atomic E-state index is 10.4. The van der Waals surface area contributed by atoms with E-state index in [0.29, 0.717) is 12.6 Å². The number of aliphatic hydroxyl groups excluding tert-OH is 1. The highest BCUT2D eigenvalue weighted by atomic mass is 79.9. The number of likely N-dealkylation sites (N-methyl/N-ethyl adjacent to an activating group) is 1. The van der Waals surface area contributed by atoms with Crippen molar-refractivity contribution in [3.05, 3.63) is 34.3 Å².